The molecule has 0 aromatic rings. The van der Waals surface area contributed by atoms with Crippen LogP contribution in [0.5, 0.6) is 0 Å². The first kappa shape index (κ1) is 18.7. The van der Waals surface area contributed by atoms with E-state index in [1.54, 1.807) is 41.5 Å². The Bertz CT molecular complexity index is 372. The van der Waals surface area contributed by atoms with E-state index in [-0.39, 0.29) is 12.5 Å². The molecule has 0 radical (unpaired) electrons. The molecule has 1 aliphatic heterocycles. The van der Waals surface area contributed by atoms with Gasteiger partial charge in [0.05, 0.1) is 0 Å². The second-order valence-electron chi connectivity index (χ2n) is 7.80. The van der Waals surface area contributed by atoms with E-state index in [4.69, 9.17) is 14.6 Å². The topological polar surface area (TPSA) is 76.1 Å². The standard InChI is InChI=1S/C16H29NO5/c1-15(2,3)21-13(19)12-9-11(7-8-18)10-17(12)14(20)22-16(4,5)6/h11-12,18H,7-10H2,1-6H3. The highest BCUT2D eigenvalue weighted by Gasteiger charge is 2.42. The highest BCUT2D eigenvalue weighted by molar-refractivity contribution is 5.82. The van der Waals surface area contributed by atoms with Crippen LogP contribution in [0.25, 0.3) is 0 Å². The van der Waals surface area contributed by atoms with Crippen LogP contribution in [0.2, 0.25) is 0 Å². The predicted molar refractivity (Wildman–Crippen MR) is 82.4 cm³/mol. The van der Waals surface area contributed by atoms with Gasteiger partial charge in [-0.25, -0.2) is 9.59 Å². The lowest BCUT2D eigenvalue weighted by molar-refractivity contribution is -0.160. The molecule has 2 unspecified atom stereocenters. The summed E-state index contributed by atoms with van der Waals surface area (Å²) in [6.07, 6.45) is 0.539. The highest BCUT2D eigenvalue weighted by atomic mass is 16.6. The summed E-state index contributed by atoms with van der Waals surface area (Å²) in [4.78, 5) is 26.1. The van der Waals surface area contributed by atoms with Crippen molar-refractivity contribution in [1.82, 2.24) is 4.90 Å². The van der Waals surface area contributed by atoms with Crippen molar-refractivity contribution >= 4 is 12.1 Å². The first-order valence-corrected chi connectivity index (χ1v) is 7.76. The van der Waals surface area contributed by atoms with E-state index >= 15 is 0 Å². The summed E-state index contributed by atoms with van der Waals surface area (Å²) in [5.41, 5.74) is -1.23. The third kappa shape index (κ3) is 5.83. The van der Waals surface area contributed by atoms with Gasteiger partial charge in [-0.2, -0.15) is 0 Å². The molecule has 0 bridgehead atoms. The maximum absolute atomic E-state index is 12.4. The van der Waals surface area contributed by atoms with Gasteiger partial charge in [0.15, 0.2) is 0 Å². The van der Waals surface area contributed by atoms with Gasteiger partial charge in [-0.05, 0) is 60.3 Å². The van der Waals surface area contributed by atoms with E-state index in [0.29, 0.717) is 19.4 Å². The third-order valence-electron chi connectivity index (χ3n) is 3.23. The Kier molecular flexibility index (Phi) is 5.84. The van der Waals surface area contributed by atoms with Crippen LogP contribution in [-0.4, -0.2) is 52.5 Å². The van der Waals surface area contributed by atoms with Crippen molar-refractivity contribution in [2.45, 2.75) is 71.6 Å². The van der Waals surface area contributed by atoms with E-state index in [1.807, 2.05) is 0 Å². The third-order valence-corrected chi connectivity index (χ3v) is 3.23. The van der Waals surface area contributed by atoms with Gasteiger partial charge < -0.3 is 14.6 Å². The molecule has 1 rings (SSSR count). The van der Waals surface area contributed by atoms with Crippen LogP contribution < -0.4 is 0 Å². The summed E-state index contributed by atoms with van der Waals surface area (Å²) in [5.74, 6) is -0.339. The second-order valence-corrected chi connectivity index (χ2v) is 7.80. The van der Waals surface area contributed by atoms with Crippen LogP contribution in [0.1, 0.15) is 54.4 Å². The molecule has 1 amide bonds. The lowest BCUT2D eigenvalue weighted by Crippen LogP contribution is -2.45. The second kappa shape index (κ2) is 6.86. The van der Waals surface area contributed by atoms with E-state index in [9.17, 15) is 9.59 Å². The van der Waals surface area contributed by atoms with Crippen molar-refractivity contribution in [2.75, 3.05) is 13.2 Å². The molecule has 1 heterocycles. The molecule has 1 N–H and O–H groups in total. The van der Waals surface area contributed by atoms with Crippen molar-refractivity contribution < 1.29 is 24.2 Å². The fraction of sp³-hybridized carbons (Fsp3) is 0.875. The molecule has 6 nitrogen and oxygen atoms in total. The molecule has 0 spiro atoms. The monoisotopic (exact) mass is 315 g/mol. The van der Waals surface area contributed by atoms with E-state index in [2.05, 4.69) is 0 Å². The van der Waals surface area contributed by atoms with Gasteiger partial charge in [-0.3, -0.25) is 4.90 Å². The van der Waals surface area contributed by atoms with Crippen molar-refractivity contribution in [3.05, 3.63) is 0 Å². The molecule has 0 aliphatic carbocycles. The fourth-order valence-corrected chi connectivity index (χ4v) is 2.43. The minimum absolute atomic E-state index is 0.0356. The Labute approximate surface area is 132 Å². The first-order valence-electron chi connectivity index (χ1n) is 7.76. The van der Waals surface area contributed by atoms with Gasteiger partial charge in [-0.15, -0.1) is 0 Å². The largest absolute Gasteiger partial charge is 0.458 e. The lowest BCUT2D eigenvalue weighted by Gasteiger charge is -2.29. The molecular formula is C16H29NO5. The zero-order chi connectivity index (χ0) is 17.1. The lowest BCUT2D eigenvalue weighted by atomic mass is 10.0. The number of amides is 1. The number of ether oxygens (including phenoxy) is 2. The van der Waals surface area contributed by atoms with Crippen LogP contribution in [0.4, 0.5) is 4.79 Å². The predicted octanol–water partition coefficient (Wildman–Crippen LogP) is 2.34. The number of hydrogen-bond donors (Lipinski definition) is 1. The molecular weight excluding hydrogens is 286 g/mol. The van der Waals surface area contributed by atoms with Gasteiger partial charge in [0.1, 0.15) is 17.2 Å². The fourth-order valence-electron chi connectivity index (χ4n) is 2.43. The quantitative estimate of drug-likeness (QED) is 0.809. The van der Waals surface area contributed by atoms with E-state index in [1.165, 1.54) is 4.90 Å². The molecule has 0 aromatic carbocycles. The van der Waals surface area contributed by atoms with Gasteiger partial charge in [-0.1, -0.05) is 0 Å². The van der Waals surface area contributed by atoms with E-state index < -0.39 is 29.3 Å². The van der Waals surface area contributed by atoms with Crippen LogP contribution in [0.3, 0.4) is 0 Å². The number of carbonyl (C=O) groups excluding carboxylic acids is 2. The van der Waals surface area contributed by atoms with E-state index in [0.717, 1.165) is 0 Å². The van der Waals surface area contributed by atoms with Crippen LogP contribution >= 0.6 is 0 Å². The van der Waals surface area contributed by atoms with Gasteiger partial charge >= 0.3 is 12.1 Å². The summed E-state index contributed by atoms with van der Waals surface area (Å²) < 4.78 is 10.8. The van der Waals surface area contributed by atoms with Gasteiger partial charge in [0, 0.05) is 13.2 Å². The minimum Gasteiger partial charge on any atom is -0.458 e. The number of rotatable bonds is 3. The summed E-state index contributed by atoms with van der Waals surface area (Å²) >= 11 is 0. The summed E-state index contributed by atoms with van der Waals surface area (Å²) in [7, 11) is 0. The molecule has 2 atom stereocenters. The number of esters is 1. The number of likely N-dealkylation sites (tertiary alicyclic amines) is 1. The van der Waals surface area contributed by atoms with Crippen molar-refractivity contribution in [1.29, 1.82) is 0 Å². The Morgan fingerprint density at radius 2 is 1.64 bits per heavy atom. The SMILES string of the molecule is CC(C)(C)OC(=O)C1CC(CCO)CN1C(=O)OC(C)(C)C. The first-order chi connectivity index (χ1) is 9.93. The normalized spacial score (nSPS) is 22.6. The smallest absolute Gasteiger partial charge is 0.411 e. The van der Waals surface area contributed by atoms with Crippen molar-refractivity contribution in [3.8, 4) is 0 Å². The summed E-state index contributed by atoms with van der Waals surface area (Å²) in [5, 5.41) is 9.10. The number of nitrogens with zero attached hydrogens (tertiary/aromatic N) is 1. The Hall–Kier alpha value is -1.30. The number of aliphatic hydroxyl groups is 1. The van der Waals surface area contributed by atoms with Crippen molar-refractivity contribution in [3.63, 3.8) is 0 Å². The molecule has 22 heavy (non-hydrogen) atoms. The molecule has 1 aliphatic rings. The number of carbonyl (C=O) groups is 2. The molecule has 6 heteroatoms. The zero-order valence-electron chi connectivity index (χ0n) is 14.5. The van der Waals surface area contributed by atoms with Crippen molar-refractivity contribution in [2.24, 2.45) is 5.92 Å². The zero-order valence-corrected chi connectivity index (χ0v) is 14.5. The summed E-state index contributed by atoms with van der Waals surface area (Å²) in [6, 6.07) is -0.648. The van der Waals surface area contributed by atoms with Gasteiger partial charge in [0.25, 0.3) is 0 Å². The summed E-state index contributed by atoms with van der Waals surface area (Å²) in [6.45, 7) is 11.2. The highest BCUT2D eigenvalue weighted by Crippen LogP contribution is 2.29. The Balaban J connectivity index is 2.85. The number of hydrogen-bond acceptors (Lipinski definition) is 5. The van der Waals surface area contributed by atoms with Crippen LogP contribution in [0, 0.1) is 5.92 Å². The van der Waals surface area contributed by atoms with Crippen LogP contribution in [0.15, 0.2) is 0 Å². The average Bonchev–Trinajstić information content (AvgIpc) is 2.69. The van der Waals surface area contributed by atoms with Crippen LogP contribution in [-0.2, 0) is 14.3 Å². The molecule has 0 saturated carbocycles. The molecule has 1 saturated heterocycles. The number of aliphatic hydroxyl groups excluding tert-OH is 1. The Morgan fingerprint density at radius 1 is 1.09 bits per heavy atom. The Morgan fingerprint density at radius 3 is 2.09 bits per heavy atom. The average molecular weight is 315 g/mol. The van der Waals surface area contributed by atoms with Gasteiger partial charge in [0.2, 0.25) is 0 Å². The maximum atomic E-state index is 12.4. The molecule has 128 valence electrons. The minimum atomic E-state index is -0.648. The maximum Gasteiger partial charge on any atom is 0.411 e. The molecule has 0 aromatic heterocycles. The molecule has 1 fully saturated rings.